The first-order valence-corrected chi connectivity index (χ1v) is 8.79. The summed E-state index contributed by atoms with van der Waals surface area (Å²) in [5.74, 6) is -1.34. The Morgan fingerprint density at radius 1 is 1.15 bits per heavy atom. The van der Waals surface area contributed by atoms with Gasteiger partial charge in [0.2, 0.25) is 5.91 Å². The quantitative estimate of drug-likeness (QED) is 0.803. The number of amides is 1. The van der Waals surface area contributed by atoms with Crippen LogP contribution in [0.25, 0.3) is 0 Å². The van der Waals surface area contributed by atoms with Crippen LogP contribution in [0.2, 0.25) is 0 Å². The van der Waals surface area contributed by atoms with E-state index in [9.17, 15) is 13.6 Å². The molecule has 2 saturated heterocycles. The average Bonchev–Trinajstić information content (AvgIpc) is 2.61. The van der Waals surface area contributed by atoms with Crippen molar-refractivity contribution in [1.82, 2.24) is 15.5 Å². The second kappa shape index (κ2) is 11.0. The third-order valence-corrected chi connectivity index (χ3v) is 4.99. The molecule has 1 atom stereocenters. The summed E-state index contributed by atoms with van der Waals surface area (Å²) in [5.41, 5.74) is 0.782. The van der Waals surface area contributed by atoms with E-state index in [0.29, 0.717) is 6.54 Å². The van der Waals surface area contributed by atoms with Gasteiger partial charge in [-0.2, -0.15) is 0 Å². The van der Waals surface area contributed by atoms with Gasteiger partial charge in [0.05, 0.1) is 5.92 Å². The van der Waals surface area contributed by atoms with Crippen LogP contribution in [0.15, 0.2) is 18.2 Å². The maximum atomic E-state index is 13.3. The highest BCUT2D eigenvalue weighted by molar-refractivity contribution is 5.85. The van der Waals surface area contributed by atoms with Crippen LogP contribution in [0.3, 0.4) is 0 Å². The third-order valence-electron chi connectivity index (χ3n) is 4.99. The van der Waals surface area contributed by atoms with Gasteiger partial charge >= 0.3 is 0 Å². The zero-order valence-electron chi connectivity index (χ0n) is 14.7. The van der Waals surface area contributed by atoms with Crippen LogP contribution < -0.4 is 10.6 Å². The van der Waals surface area contributed by atoms with E-state index in [4.69, 9.17) is 0 Å². The predicted molar refractivity (Wildman–Crippen MR) is 103 cm³/mol. The number of carbonyl (C=O) groups is 1. The number of hydrogen-bond acceptors (Lipinski definition) is 3. The maximum absolute atomic E-state index is 13.3. The lowest BCUT2D eigenvalue weighted by atomic mass is 9.97. The molecule has 3 rings (SSSR count). The van der Waals surface area contributed by atoms with Crippen LogP contribution in [0.1, 0.15) is 31.2 Å². The van der Waals surface area contributed by atoms with Gasteiger partial charge < -0.3 is 10.6 Å². The largest absolute Gasteiger partial charge is 0.353 e. The van der Waals surface area contributed by atoms with Gasteiger partial charge in [-0.1, -0.05) is 6.07 Å². The van der Waals surface area contributed by atoms with Crippen molar-refractivity contribution in [3.05, 3.63) is 35.4 Å². The number of nitrogens with one attached hydrogen (secondary N) is 2. The predicted octanol–water partition coefficient (Wildman–Crippen LogP) is 2.89. The molecule has 1 aromatic rings. The van der Waals surface area contributed by atoms with Crippen molar-refractivity contribution >= 4 is 30.7 Å². The summed E-state index contributed by atoms with van der Waals surface area (Å²) in [4.78, 5) is 14.5. The summed E-state index contributed by atoms with van der Waals surface area (Å²) >= 11 is 0. The number of nitrogens with zero attached hydrogens (tertiary/aromatic N) is 1. The molecule has 0 radical (unpaired) electrons. The lowest BCUT2D eigenvalue weighted by Gasteiger charge is -2.33. The minimum Gasteiger partial charge on any atom is -0.353 e. The first-order chi connectivity index (χ1) is 11.6. The van der Waals surface area contributed by atoms with Gasteiger partial charge in [0.15, 0.2) is 11.6 Å². The molecular weight excluding hydrogens is 383 g/mol. The van der Waals surface area contributed by atoms with E-state index in [0.717, 1.165) is 57.4 Å². The molecule has 2 N–H and O–H groups in total. The zero-order chi connectivity index (χ0) is 16.9. The maximum Gasteiger partial charge on any atom is 0.224 e. The van der Waals surface area contributed by atoms with Crippen LogP contribution in [0.5, 0.6) is 0 Å². The monoisotopic (exact) mass is 409 g/mol. The molecule has 8 heteroatoms. The summed E-state index contributed by atoms with van der Waals surface area (Å²) < 4.78 is 26.2. The highest BCUT2D eigenvalue weighted by Gasteiger charge is 2.25. The van der Waals surface area contributed by atoms with Gasteiger partial charge in [-0.15, -0.1) is 24.8 Å². The van der Waals surface area contributed by atoms with Crippen LogP contribution in [0.4, 0.5) is 8.78 Å². The Kier molecular flexibility index (Phi) is 9.79. The Morgan fingerprint density at radius 3 is 2.50 bits per heavy atom. The Bertz CT molecular complexity index is 578. The second-order valence-corrected chi connectivity index (χ2v) is 6.85. The minimum atomic E-state index is -0.808. The number of halogens is 4. The Hall–Kier alpha value is -0.950. The van der Waals surface area contributed by atoms with Crippen molar-refractivity contribution < 1.29 is 13.6 Å². The van der Waals surface area contributed by atoms with E-state index in [1.165, 1.54) is 12.1 Å². The molecule has 148 valence electrons. The number of rotatable bonds is 4. The van der Waals surface area contributed by atoms with E-state index in [1.54, 1.807) is 6.07 Å². The Labute approximate surface area is 165 Å². The molecule has 0 aromatic heterocycles. The highest BCUT2D eigenvalue weighted by atomic mass is 35.5. The lowest BCUT2D eigenvalue weighted by molar-refractivity contribution is -0.126. The Morgan fingerprint density at radius 2 is 1.88 bits per heavy atom. The smallest absolute Gasteiger partial charge is 0.224 e. The molecule has 2 fully saturated rings. The van der Waals surface area contributed by atoms with Crippen molar-refractivity contribution in [2.75, 3.05) is 26.2 Å². The summed E-state index contributed by atoms with van der Waals surface area (Å²) in [6, 6.07) is 4.29. The molecule has 1 unspecified atom stereocenters. The molecule has 0 bridgehead atoms. The van der Waals surface area contributed by atoms with E-state index in [2.05, 4.69) is 15.5 Å². The minimum absolute atomic E-state index is 0. The fourth-order valence-corrected chi connectivity index (χ4v) is 3.53. The molecule has 0 aliphatic carbocycles. The fraction of sp³-hybridized carbons (Fsp3) is 0.611. The molecule has 2 aliphatic rings. The third kappa shape index (κ3) is 6.34. The standard InChI is InChI=1S/C18H25F2N3O.2ClH/c19-16-4-3-13(10-17(16)20)12-23-8-5-15(6-9-23)22-18(24)14-2-1-7-21-11-14;;/h3-4,10,14-15,21H,1-2,5-9,11-12H2,(H,22,24);2*1H. The number of benzene rings is 1. The number of carbonyl (C=O) groups excluding carboxylic acids is 1. The summed E-state index contributed by atoms with van der Waals surface area (Å²) in [6.07, 6.45) is 3.82. The number of piperidine rings is 2. The van der Waals surface area contributed by atoms with Gasteiger partial charge in [0.25, 0.3) is 0 Å². The Balaban J connectivity index is 0.00000169. The molecule has 0 saturated carbocycles. The molecule has 0 spiro atoms. The summed E-state index contributed by atoms with van der Waals surface area (Å²) in [5, 5.41) is 6.44. The summed E-state index contributed by atoms with van der Waals surface area (Å²) in [7, 11) is 0. The van der Waals surface area contributed by atoms with Crippen LogP contribution in [-0.4, -0.2) is 43.0 Å². The fourth-order valence-electron chi connectivity index (χ4n) is 3.53. The van der Waals surface area contributed by atoms with Gasteiger partial charge in [-0.25, -0.2) is 8.78 Å². The first-order valence-electron chi connectivity index (χ1n) is 8.79. The van der Waals surface area contributed by atoms with E-state index < -0.39 is 11.6 Å². The molecule has 1 aromatic carbocycles. The van der Waals surface area contributed by atoms with Crippen LogP contribution in [0, 0.1) is 17.6 Å². The van der Waals surface area contributed by atoms with Gasteiger partial charge in [-0.3, -0.25) is 9.69 Å². The van der Waals surface area contributed by atoms with Crippen molar-refractivity contribution in [2.45, 2.75) is 38.3 Å². The topological polar surface area (TPSA) is 44.4 Å². The second-order valence-electron chi connectivity index (χ2n) is 6.85. The number of likely N-dealkylation sites (tertiary alicyclic amines) is 1. The zero-order valence-corrected chi connectivity index (χ0v) is 16.3. The molecule has 26 heavy (non-hydrogen) atoms. The van der Waals surface area contributed by atoms with E-state index in [1.807, 2.05) is 0 Å². The average molecular weight is 410 g/mol. The lowest BCUT2D eigenvalue weighted by Crippen LogP contribution is -2.48. The molecular formula is C18H27Cl2F2N3O. The molecule has 1 amide bonds. The van der Waals surface area contributed by atoms with Crippen molar-refractivity contribution in [3.8, 4) is 0 Å². The van der Waals surface area contributed by atoms with Crippen molar-refractivity contribution in [3.63, 3.8) is 0 Å². The van der Waals surface area contributed by atoms with Crippen LogP contribution in [-0.2, 0) is 11.3 Å². The van der Waals surface area contributed by atoms with Gasteiger partial charge in [-0.05, 0) is 49.9 Å². The molecule has 4 nitrogen and oxygen atoms in total. The van der Waals surface area contributed by atoms with E-state index in [-0.39, 0.29) is 42.7 Å². The first kappa shape index (κ1) is 23.1. The van der Waals surface area contributed by atoms with Gasteiger partial charge in [0.1, 0.15) is 0 Å². The van der Waals surface area contributed by atoms with E-state index >= 15 is 0 Å². The van der Waals surface area contributed by atoms with Crippen molar-refractivity contribution in [2.24, 2.45) is 5.92 Å². The van der Waals surface area contributed by atoms with Gasteiger partial charge in [0, 0.05) is 32.2 Å². The summed E-state index contributed by atoms with van der Waals surface area (Å²) in [6.45, 7) is 4.11. The normalized spacial score (nSPS) is 21.4. The number of hydrogen-bond donors (Lipinski definition) is 2. The SMILES string of the molecule is Cl.Cl.O=C(NC1CCN(Cc2ccc(F)c(F)c2)CC1)C1CCCNC1. The molecule has 2 aliphatic heterocycles. The van der Waals surface area contributed by atoms with Crippen LogP contribution >= 0.6 is 24.8 Å². The molecule has 2 heterocycles. The highest BCUT2D eigenvalue weighted by Crippen LogP contribution is 2.17. The van der Waals surface area contributed by atoms with Crippen molar-refractivity contribution in [1.29, 1.82) is 0 Å².